The summed E-state index contributed by atoms with van der Waals surface area (Å²) in [5.41, 5.74) is 7.48. The van der Waals surface area contributed by atoms with E-state index in [1.807, 2.05) is 38.4 Å². The second kappa shape index (κ2) is 5.10. The minimum Gasteiger partial charge on any atom is -0.387 e. The molecule has 1 aromatic carbocycles. The predicted octanol–water partition coefficient (Wildman–Crippen LogP) is 0.740. The van der Waals surface area contributed by atoms with Crippen LogP contribution in [0.3, 0.4) is 0 Å². The molecule has 1 aromatic rings. The molecule has 0 aromatic heterocycles. The van der Waals surface area contributed by atoms with Gasteiger partial charge in [-0.25, -0.2) is 0 Å². The minimum absolute atomic E-state index is 0.269. The quantitative estimate of drug-likeness (QED) is 0.743. The molecule has 0 fully saturated rings. The lowest BCUT2D eigenvalue weighted by molar-refractivity contribution is 0.186. The van der Waals surface area contributed by atoms with E-state index in [1.165, 1.54) is 5.56 Å². The van der Waals surface area contributed by atoms with E-state index in [1.54, 1.807) is 0 Å². The molecule has 1 atom stereocenters. The van der Waals surface area contributed by atoms with Crippen molar-refractivity contribution in [3.63, 3.8) is 0 Å². The Hall–Kier alpha value is -0.900. The van der Waals surface area contributed by atoms with Gasteiger partial charge in [0, 0.05) is 13.1 Å². The third-order valence-electron chi connectivity index (χ3n) is 2.06. The van der Waals surface area contributed by atoms with E-state index in [0.29, 0.717) is 0 Å². The first-order valence-electron chi connectivity index (χ1n) is 4.75. The summed E-state index contributed by atoms with van der Waals surface area (Å²) in [6, 6.07) is 7.90. The molecule has 0 spiro atoms. The van der Waals surface area contributed by atoms with Crippen LogP contribution in [0.1, 0.15) is 17.2 Å². The largest absolute Gasteiger partial charge is 0.387 e. The average molecular weight is 194 g/mol. The SMILES string of the molecule is CN(C)Cc1cccc([C@H](O)CN)c1. The van der Waals surface area contributed by atoms with E-state index < -0.39 is 6.10 Å². The molecule has 0 saturated heterocycles. The van der Waals surface area contributed by atoms with Gasteiger partial charge in [0.1, 0.15) is 0 Å². The lowest BCUT2D eigenvalue weighted by Crippen LogP contribution is -2.13. The van der Waals surface area contributed by atoms with Crippen molar-refractivity contribution >= 4 is 0 Å². The van der Waals surface area contributed by atoms with Crippen LogP contribution >= 0.6 is 0 Å². The highest BCUT2D eigenvalue weighted by molar-refractivity contribution is 5.25. The topological polar surface area (TPSA) is 49.5 Å². The van der Waals surface area contributed by atoms with Gasteiger partial charge < -0.3 is 15.7 Å². The van der Waals surface area contributed by atoms with Crippen LogP contribution in [0.15, 0.2) is 24.3 Å². The monoisotopic (exact) mass is 194 g/mol. The molecule has 3 N–H and O–H groups in total. The van der Waals surface area contributed by atoms with Crippen LogP contribution in [-0.4, -0.2) is 30.6 Å². The highest BCUT2D eigenvalue weighted by Gasteiger charge is 2.05. The Morgan fingerprint density at radius 2 is 2.14 bits per heavy atom. The molecule has 0 aliphatic rings. The van der Waals surface area contributed by atoms with Gasteiger partial charge in [-0.15, -0.1) is 0 Å². The minimum atomic E-state index is -0.544. The molecule has 3 nitrogen and oxygen atoms in total. The summed E-state index contributed by atoms with van der Waals surface area (Å²) in [6.45, 7) is 1.15. The van der Waals surface area contributed by atoms with Gasteiger partial charge in [-0.1, -0.05) is 24.3 Å². The number of hydrogen-bond donors (Lipinski definition) is 2. The Bertz CT molecular complexity index is 286. The van der Waals surface area contributed by atoms with Crippen LogP contribution in [-0.2, 0) is 6.54 Å². The Labute approximate surface area is 85.2 Å². The maximum Gasteiger partial charge on any atom is 0.0912 e. The van der Waals surface area contributed by atoms with E-state index in [2.05, 4.69) is 4.90 Å². The molecule has 0 heterocycles. The van der Waals surface area contributed by atoms with Crippen LogP contribution in [0.4, 0.5) is 0 Å². The molecule has 3 heteroatoms. The van der Waals surface area contributed by atoms with Crippen LogP contribution < -0.4 is 5.73 Å². The molecule has 14 heavy (non-hydrogen) atoms. The normalized spacial score (nSPS) is 13.2. The number of nitrogens with two attached hydrogens (primary N) is 1. The molecule has 0 unspecified atom stereocenters. The fourth-order valence-electron chi connectivity index (χ4n) is 1.40. The maximum atomic E-state index is 9.55. The van der Waals surface area contributed by atoms with E-state index in [4.69, 9.17) is 5.73 Å². The van der Waals surface area contributed by atoms with Crippen molar-refractivity contribution in [3.05, 3.63) is 35.4 Å². The Morgan fingerprint density at radius 3 is 2.71 bits per heavy atom. The molecule has 78 valence electrons. The summed E-state index contributed by atoms with van der Waals surface area (Å²) in [6.07, 6.45) is -0.544. The smallest absolute Gasteiger partial charge is 0.0912 e. The lowest BCUT2D eigenvalue weighted by Gasteiger charge is -2.13. The molecule has 0 radical (unpaired) electrons. The summed E-state index contributed by atoms with van der Waals surface area (Å²) < 4.78 is 0. The molecular formula is C11H18N2O. The highest BCUT2D eigenvalue weighted by Crippen LogP contribution is 2.14. The van der Waals surface area contributed by atoms with Crippen molar-refractivity contribution in [2.24, 2.45) is 5.73 Å². The molecule has 0 bridgehead atoms. The second-order valence-electron chi connectivity index (χ2n) is 3.73. The van der Waals surface area contributed by atoms with Crippen molar-refractivity contribution in [1.29, 1.82) is 0 Å². The summed E-state index contributed by atoms with van der Waals surface area (Å²) in [4.78, 5) is 2.09. The summed E-state index contributed by atoms with van der Waals surface area (Å²) in [5, 5.41) is 9.55. The van der Waals surface area contributed by atoms with Crippen molar-refractivity contribution in [3.8, 4) is 0 Å². The second-order valence-corrected chi connectivity index (χ2v) is 3.73. The summed E-state index contributed by atoms with van der Waals surface area (Å²) in [5.74, 6) is 0. The number of rotatable bonds is 4. The van der Waals surface area contributed by atoms with Gasteiger partial charge in [0.05, 0.1) is 6.10 Å². The zero-order chi connectivity index (χ0) is 10.6. The number of nitrogens with zero attached hydrogens (tertiary/aromatic N) is 1. The Kier molecular flexibility index (Phi) is 4.07. The first kappa shape index (κ1) is 11.2. The van der Waals surface area contributed by atoms with Crippen molar-refractivity contribution < 1.29 is 5.11 Å². The standard InChI is InChI=1S/C11H18N2O/c1-13(2)8-9-4-3-5-10(6-9)11(14)7-12/h3-6,11,14H,7-8,12H2,1-2H3/t11-/m1/s1. The number of aliphatic hydroxyl groups excluding tert-OH is 1. The van der Waals surface area contributed by atoms with E-state index in [9.17, 15) is 5.11 Å². The zero-order valence-corrected chi connectivity index (χ0v) is 8.77. The predicted molar refractivity (Wildman–Crippen MR) is 57.8 cm³/mol. The van der Waals surface area contributed by atoms with Crippen LogP contribution in [0.25, 0.3) is 0 Å². The van der Waals surface area contributed by atoms with Gasteiger partial charge in [-0.2, -0.15) is 0 Å². The molecular weight excluding hydrogens is 176 g/mol. The Morgan fingerprint density at radius 1 is 1.43 bits per heavy atom. The number of benzene rings is 1. The molecule has 0 saturated carbocycles. The summed E-state index contributed by atoms with van der Waals surface area (Å²) in [7, 11) is 4.04. The third-order valence-corrected chi connectivity index (χ3v) is 2.06. The van der Waals surface area contributed by atoms with Crippen molar-refractivity contribution in [2.75, 3.05) is 20.6 Å². The fourth-order valence-corrected chi connectivity index (χ4v) is 1.40. The number of aliphatic hydroxyl groups is 1. The van der Waals surface area contributed by atoms with E-state index >= 15 is 0 Å². The van der Waals surface area contributed by atoms with Crippen LogP contribution in [0, 0.1) is 0 Å². The van der Waals surface area contributed by atoms with Gasteiger partial charge >= 0.3 is 0 Å². The first-order chi connectivity index (χ1) is 6.63. The maximum absolute atomic E-state index is 9.55. The van der Waals surface area contributed by atoms with Gasteiger partial charge in [-0.05, 0) is 25.2 Å². The third kappa shape index (κ3) is 3.10. The van der Waals surface area contributed by atoms with Gasteiger partial charge in [0.15, 0.2) is 0 Å². The zero-order valence-electron chi connectivity index (χ0n) is 8.77. The van der Waals surface area contributed by atoms with Gasteiger partial charge in [0.2, 0.25) is 0 Å². The van der Waals surface area contributed by atoms with E-state index in [-0.39, 0.29) is 6.54 Å². The molecule has 0 aliphatic heterocycles. The summed E-state index contributed by atoms with van der Waals surface area (Å²) >= 11 is 0. The highest BCUT2D eigenvalue weighted by atomic mass is 16.3. The Balaban J connectivity index is 2.78. The van der Waals surface area contributed by atoms with Gasteiger partial charge in [-0.3, -0.25) is 0 Å². The molecule has 1 rings (SSSR count). The molecule has 0 amide bonds. The average Bonchev–Trinajstić information content (AvgIpc) is 2.16. The van der Waals surface area contributed by atoms with Crippen LogP contribution in [0.5, 0.6) is 0 Å². The van der Waals surface area contributed by atoms with Crippen molar-refractivity contribution in [2.45, 2.75) is 12.6 Å². The molecule has 0 aliphatic carbocycles. The van der Waals surface area contributed by atoms with Gasteiger partial charge in [0.25, 0.3) is 0 Å². The fraction of sp³-hybridized carbons (Fsp3) is 0.455. The van der Waals surface area contributed by atoms with E-state index in [0.717, 1.165) is 12.1 Å². The number of hydrogen-bond acceptors (Lipinski definition) is 3. The van der Waals surface area contributed by atoms with Crippen molar-refractivity contribution in [1.82, 2.24) is 4.90 Å². The van der Waals surface area contributed by atoms with Crippen LogP contribution in [0.2, 0.25) is 0 Å². The first-order valence-corrected chi connectivity index (χ1v) is 4.75. The lowest BCUT2D eigenvalue weighted by atomic mass is 10.1.